The average molecular weight is 348 g/mol. The lowest BCUT2D eigenvalue weighted by molar-refractivity contribution is 0.415. The van der Waals surface area contributed by atoms with Crippen molar-refractivity contribution >= 4 is 21.7 Å². The van der Waals surface area contributed by atoms with Gasteiger partial charge in [0.2, 0.25) is 0 Å². The van der Waals surface area contributed by atoms with Crippen LogP contribution in [-0.4, -0.2) is 24.1 Å². The summed E-state index contributed by atoms with van der Waals surface area (Å²) in [5.41, 5.74) is 3.40. The van der Waals surface area contributed by atoms with Gasteiger partial charge in [0.25, 0.3) is 0 Å². The molecule has 0 aliphatic heterocycles. The third-order valence-electron chi connectivity index (χ3n) is 3.83. The number of hydrogen-bond donors (Lipinski definition) is 1. The van der Waals surface area contributed by atoms with Crippen LogP contribution in [0.1, 0.15) is 24.1 Å². The van der Waals surface area contributed by atoms with Crippen molar-refractivity contribution in [3.63, 3.8) is 0 Å². The molecule has 0 atom stereocenters. The molecule has 0 saturated heterocycles. The molecule has 1 aromatic heterocycles. The number of benzene rings is 1. The van der Waals surface area contributed by atoms with E-state index in [4.69, 9.17) is 14.7 Å². The first-order valence-corrected chi connectivity index (χ1v) is 7.93. The fourth-order valence-electron chi connectivity index (χ4n) is 2.72. The van der Waals surface area contributed by atoms with Crippen LogP contribution in [0.15, 0.2) is 22.7 Å². The van der Waals surface area contributed by atoms with Crippen LogP contribution >= 0.6 is 15.9 Å². The highest BCUT2D eigenvalue weighted by Crippen LogP contribution is 2.33. The SMILES string of the molecule is CNc1nc(-c2cc(OC)ccc2Br)nc2c1CCCC2. The molecular weight excluding hydrogens is 330 g/mol. The maximum atomic E-state index is 5.31. The van der Waals surface area contributed by atoms with Gasteiger partial charge in [-0.2, -0.15) is 0 Å². The Morgan fingerprint density at radius 2 is 2.00 bits per heavy atom. The van der Waals surface area contributed by atoms with Gasteiger partial charge in [-0.1, -0.05) is 15.9 Å². The number of aryl methyl sites for hydroxylation is 1. The number of methoxy groups -OCH3 is 1. The Kier molecular flexibility index (Phi) is 4.10. The van der Waals surface area contributed by atoms with Crippen molar-refractivity contribution in [3.05, 3.63) is 33.9 Å². The van der Waals surface area contributed by atoms with Gasteiger partial charge < -0.3 is 10.1 Å². The molecule has 0 fully saturated rings. The lowest BCUT2D eigenvalue weighted by atomic mass is 9.96. The van der Waals surface area contributed by atoms with Gasteiger partial charge >= 0.3 is 0 Å². The van der Waals surface area contributed by atoms with E-state index in [1.54, 1.807) is 7.11 Å². The van der Waals surface area contributed by atoms with E-state index in [1.807, 2.05) is 25.2 Å². The highest BCUT2D eigenvalue weighted by Gasteiger charge is 2.19. The molecule has 21 heavy (non-hydrogen) atoms. The summed E-state index contributed by atoms with van der Waals surface area (Å²) in [5.74, 6) is 2.50. The molecule has 0 amide bonds. The van der Waals surface area contributed by atoms with Crippen molar-refractivity contribution < 1.29 is 4.74 Å². The molecule has 5 heteroatoms. The number of halogens is 1. The molecule has 3 rings (SSSR count). The summed E-state index contributed by atoms with van der Waals surface area (Å²) >= 11 is 3.58. The highest BCUT2D eigenvalue weighted by molar-refractivity contribution is 9.10. The van der Waals surface area contributed by atoms with Gasteiger partial charge in [0.15, 0.2) is 5.82 Å². The minimum Gasteiger partial charge on any atom is -0.497 e. The number of nitrogens with zero attached hydrogens (tertiary/aromatic N) is 2. The van der Waals surface area contributed by atoms with Crippen LogP contribution in [0.3, 0.4) is 0 Å². The quantitative estimate of drug-likeness (QED) is 0.916. The number of rotatable bonds is 3. The van der Waals surface area contributed by atoms with Crippen molar-refractivity contribution in [1.82, 2.24) is 9.97 Å². The molecule has 1 aliphatic carbocycles. The van der Waals surface area contributed by atoms with Crippen LogP contribution in [0.2, 0.25) is 0 Å². The summed E-state index contributed by atoms with van der Waals surface area (Å²) in [5, 5.41) is 3.22. The van der Waals surface area contributed by atoms with Crippen LogP contribution < -0.4 is 10.1 Å². The third kappa shape index (κ3) is 2.75. The van der Waals surface area contributed by atoms with Gasteiger partial charge in [0.1, 0.15) is 11.6 Å². The Labute approximate surface area is 133 Å². The lowest BCUT2D eigenvalue weighted by Crippen LogP contribution is -2.12. The lowest BCUT2D eigenvalue weighted by Gasteiger charge is -2.19. The standard InChI is InChI=1S/C16H18BrN3O/c1-18-15-11-5-3-4-6-14(11)19-16(20-15)12-9-10(21-2)7-8-13(12)17/h7-9H,3-6H2,1-2H3,(H,18,19,20). The van der Waals surface area contributed by atoms with E-state index in [0.29, 0.717) is 0 Å². The van der Waals surface area contributed by atoms with Crippen molar-refractivity contribution in [2.45, 2.75) is 25.7 Å². The van der Waals surface area contributed by atoms with Crippen molar-refractivity contribution in [1.29, 1.82) is 0 Å². The monoisotopic (exact) mass is 347 g/mol. The smallest absolute Gasteiger partial charge is 0.163 e. The molecule has 1 heterocycles. The second-order valence-electron chi connectivity index (χ2n) is 5.12. The summed E-state index contributed by atoms with van der Waals surface area (Å²) in [6, 6.07) is 5.86. The van der Waals surface area contributed by atoms with Gasteiger partial charge in [0.05, 0.1) is 7.11 Å². The normalized spacial score (nSPS) is 13.7. The van der Waals surface area contributed by atoms with Gasteiger partial charge in [-0.05, 0) is 43.9 Å². The molecule has 110 valence electrons. The van der Waals surface area contributed by atoms with E-state index >= 15 is 0 Å². The molecule has 0 saturated carbocycles. The Morgan fingerprint density at radius 1 is 1.19 bits per heavy atom. The first kappa shape index (κ1) is 14.3. The second kappa shape index (κ2) is 6.02. The number of anilines is 1. The Bertz CT molecular complexity index is 656. The Hall–Kier alpha value is -1.62. The Morgan fingerprint density at radius 3 is 2.76 bits per heavy atom. The predicted octanol–water partition coefficient (Wildman–Crippen LogP) is 3.84. The molecule has 2 aromatic rings. The summed E-state index contributed by atoms with van der Waals surface area (Å²) in [4.78, 5) is 9.49. The molecule has 1 aromatic carbocycles. The van der Waals surface area contributed by atoms with Crippen molar-refractivity contribution in [2.24, 2.45) is 0 Å². The van der Waals surface area contributed by atoms with Gasteiger partial charge in [-0.3, -0.25) is 0 Å². The maximum Gasteiger partial charge on any atom is 0.163 e. The molecule has 4 nitrogen and oxygen atoms in total. The van der Waals surface area contributed by atoms with Crippen LogP contribution in [0.5, 0.6) is 5.75 Å². The van der Waals surface area contributed by atoms with Crippen LogP contribution in [-0.2, 0) is 12.8 Å². The van der Waals surface area contributed by atoms with E-state index in [9.17, 15) is 0 Å². The summed E-state index contributed by atoms with van der Waals surface area (Å²) < 4.78 is 6.28. The Balaban J connectivity index is 2.14. The maximum absolute atomic E-state index is 5.31. The molecule has 0 unspecified atom stereocenters. The molecule has 1 aliphatic rings. The van der Waals surface area contributed by atoms with E-state index < -0.39 is 0 Å². The van der Waals surface area contributed by atoms with Gasteiger partial charge in [-0.15, -0.1) is 0 Å². The van der Waals surface area contributed by atoms with Gasteiger partial charge in [-0.25, -0.2) is 9.97 Å². The fraction of sp³-hybridized carbons (Fsp3) is 0.375. The summed E-state index contributed by atoms with van der Waals surface area (Å²) in [6.07, 6.45) is 4.51. The highest BCUT2D eigenvalue weighted by atomic mass is 79.9. The second-order valence-corrected chi connectivity index (χ2v) is 5.98. The molecule has 0 bridgehead atoms. The molecule has 0 radical (unpaired) electrons. The topological polar surface area (TPSA) is 47.0 Å². The fourth-order valence-corrected chi connectivity index (χ4v) is 3.15. The zero-order chi connectivity index (χ0) is 14.8. The molecule has 1 N–H and O–H groups in total. The van der Waals surface area contributed by atoms with Gasteiger partial charge in [0, 0.05) is 28.3 Å². The van der Waals surface area contributed by atoms with Crippen LogP contribution in [0, 0.1) is 0 Å². The van der Waals surface area contributed by atoms with Crippen molar-refractivity contribution in [3.8, 4) is 17.1 Å². The molecule has 0 spiro atoms. The van der Waals surface area contributed by atoms with E-state index in [2.05, 4.69) is 21.2 Å². The number of hydrogen-bond acceptors (Lipinski definition) is 4. The van der Waals surface area contributed by atoms with Crippen LogP contribution in [0.25, 0.3) is 11.4 Å². The first-order valence-electron chi connectivity index (χ1n) is 7.14. The van der Waals surface area contributed by atoms with Crippen molar-refractivity contribution in [2.75, 3.05) is 19.5 Å². The summed E-state index contributed by atoms with van der Waals surface area (Å²) in [6.45, 7) is 0. The number of nitrogens with one attached hydrogen (secondary N) is 1. The van der Waals surface area contributed by atoms with E-state index in [-0.39, 0.29) is 0 Å². The predicted molar refractivity (Wildman–Crippen MR) is 87.9 cm³/mol. The minimum absolute atomic E-state index is 0.741. The summed E-state index contributed by atoms with van der Waals surface area (Å²) in [7, 11) is 3.58. The first-order chi connectivity index (χ1) is 10.2. The average Bonchev–Trinajstić information content (AvgIpc) is 2.54. The third-order valence-corrected chi connectivity index (χ3v) is 4.53. The largest absolute Gasteiger partial charge is 0.497 e. The van der Waals surface area contributed by atoms with Crippen LogP contribution in [0.4, 0.5) is 5.82 Å². The molecular formula is C16H18BrN3O. The minimum atomic E-state index is 0.741. The van der Waals surface area contributed by atoms with E-state index in [1.165, 1.54) is 24.1 Å². The zero-order valence-electron chi connectivity index (χ0n) is 12.2. The van der Waals surface area contributed by atoms with E-state index in [0.717, 1.165) is 40.3 Å². The number of fused-ring (bicyclic) bond motifs is 1. The number of aromatic nitrogens is 2. The number of ether oxygens (including phenoxy) is 1. The zero-order valence-corrected chi connectivity index (χ0v) is 13.8.